The molecule has 0 fully saturated rings. The van der Waals surface area contributed by atoms with Crippen molar-refractivity contribution >= 4 is 47.0 Å². The van der Waals surface area contributed by atoms with Crippen LogP contribution in [0.1, 0.15) is 0 Å². The van der Waals surface area contributed by atoms with Gasteiger partial charge in [0.15, 0.2) is 0 Å². The highest BCUT2D eigenvalue weighted by molar-refractivity contribution is 7.11. The number of nitrogen functional groups attached to an aromatic ring is 1. The summed E-state index contributed by atoms with van der Waals surface area (Å²) in [4.78, 5) is 14.6. The van der Waals surface area contributed by atoms with Gasteiger partial charge < -0.3 is 20.1 Å². The third-order valence-electron chi connectivity index (χ3n) is 4.08. The number of anilines is 1. The van der Waals surface area contributed by atoms with Crippen LogP contribution in [-0.2, 0) is 9.45 Å². The third kappa shape index (κ3) is 3.50. The van der Waals surface area contributed by atoms with Crippen molar-refractivity contribution in [3.63, 3.8) is 0 Å². The van der Waals surface area contributed by atoms with E-state index in [0.717, 1.165) is 10.9 Å². The Morgan fingerprint density at radius 1 is 1.18 bits per heavy atom. The molecule has 138 valence electrons. The van der Waals surface area contributed by atoms with Crippen LogP contribution in [0.25, 0.3) is 22.0 Å². The number of hydrogen-bond acceptors (Lipinski definition) is 9. The monoisotopic (exact) mass is 392 g/mol. The van der Waals surface area contributed by atoms with Crippen LogP contribution in [0.15, 0.2) is 54.3 Å². The van der Waals surface area contributed by atoms with Crippen molar-refractivity contribution in [2.24, 2.45) is 0 Å². The van der Waals surface area contributed by atoms with Crippen LogP contribution in [-0.4, -0.2) is 33.8 Å². The molecule has 10 heteroatoms. The van der Waals surface area contributed by atoms with E-state index in [1.54, 1.807) is 29.9 Å². The average molecular weight is 392 g/mol. The van der Waals surface area contributed by atoms with Gasteiger partial charge >= 0.3 is 7.12 Å². The van der Waals surface area contributed by atoms with Crippen LogP contribution in [0.3, 0.4) is 0 Å². The van der Waals surface area contributed by atoms with Gasteiger partial charge in [-0.15, -0.1) is 0 Å². The second-order valence-electron chi connectivity index (χ2n) is 5.79. The smallest absolute Gasteiger partial charge is 0.508 e. The second-order valence-corrected chi connectivity index (χ2v) is 6.64. The van der Waals surface area contributed by atoms with E-state index in [9.17, 15) is 9.82 Å². The zero-order valence-electron chi connectivity index (χ0n) is 14.4. The molecule has 0 radical (unpaired) electrons. The number of carbonyl (C=O) groups excluding carboxylic acids is 1. The Balaban J connectivity index is 1.84. The molecule has 0 atom stereocenters. The zero-order chi connectivity index (χ0) is 19.5. The summed E-state index contributed by atoms with van der Waals surface area (Å²) in [6.45, 7) is 0.195. The fourth-order valence-electron chi connectivity index (χ4n) is 2.76. The van der Waals surface area contributed by atoms with Crippen LogP contribution in [0.2, 0.25) is 0 Å². The molecule has 8 nitrogen and oxygen atoms in total. The largest absolute Gasteiger partial charge is 0.561 e. The summed E-state index contributed by atoms with van der Waals surface area (Å²) in [5.41, 5.74) is 10.6. The van der Waals surface area contributed by atoms with Gasteiger partial charge in [-0.05, 0) is 35.3 Å². The predicted octanol–water partition coefficient (Wildman–Crippen LogP) is 1.99. The normalized spacial score (nSPS) is 10.6. The molecule has 0 unspecified atom stereocenters. The van der Waals surface area contributed by atoms with Gasteiger partial charge in [0, 0.05) is 10.9 Å². The minimum atomic E-state index is -1.38. The highest BCUT2D eigenvalue weighted by Gasteiger charge is 2.21. The topological polar surface area (TPSA) is 120 Å². The van der Waals surface area contributed by atoms with Crippen LogP contribution in [0.4, 0.5) is 5.69 Å². The third-order valence-corrected chi connectivity index (χ3v) is 4.72. The number of carbonyl (C=O) groups is 1. The molecule has 2 aromatic heterocycles. The lowest BCUT2D eigenvalue weighted by molar-refractivity contribution is -0.121. The van der Waals surface area contributed by atoms with E-state index < -0.39 is 7.12 Å². The fourth-order valence-corrected chi connectivity index (χ4v) is 3.24. The molecule has 3 N–H and O–H groups in total. The van der Waals surface area contributed by atoms with Crippen molar-refractivity contribution in [1.82, 2.24) is 15.2 Å². The minimum Gasteiger partial charge on any atom is -0.508 e. The van der Waals surface area contributed by atoms with Crippen LogP contribution >= 0.6 is 11.3 Å². The first-order chi connectivity index (χ1) is 13.7. The molecule has 2 aromatic carbocycles. The molecule has 0 aliphatic carbocycles. The average Bonchev–Trinajstić information content (AvgIpc) is 3.21. The van der Waals surface area contributed by atoms with Crippen molar-refractivity contribution in [3.05, 3.63) is 54.3 Å². The van der Waals surface area contributed by atoms with Crippen LogP contribution in [0.5, 0.6) is 10.8 Å². The quantitative estimate of drug-likeness (QED) is 0.378. The Bertz CT molecular complexity index is 1140. The van der Waals surface area contributed by atoms with E-state index in [1.165, 1.54) is 17.5 Å². The molecule has 0 aliphatic rings. The lowest BCUT2D eigenvalue weighted by Gasteiger charge is -2.13. The van der Waals surface area contributed by atoms with Gasteiger partial charge in [-0.25, -0.2) is 4.98 Å². The summed E-state index contributed by atoms with van der Waals surface area (Å²) in [6.07, 6.45) is 3.10. The van der Waals surface area contributed by atoms with Gasteiger partial charge in [0.05, 0.1) is 29.1 Å². The first kappa shape index (κ1) is 17.9. The number of nitrogens with two attached hydrogens (primary N) is 1. The molecule has 0 saturated heterocycles. The first-order valence-electron chi connectivity index (χ1n) is 8.14. The number of nitrogens with zero attached hydrogens (tertiary/aromatic N) is 3. The SMILES string of the molecule is Nc1cnnc2cc(-c3cc(B(O)OC=O)ccc3Oc3cncs3)ccc12. The lowest BCUT2D eigenvalue weighted by Crippen LogP contribution is -2.33. The lowest BCUT2D eigenvalue weighted by atomic mass is 9.78. The molecular weight excluding hydrogens is 379 g/mol. The highest BCUT2D eigenvalue weighted by Crippen LogP contribution is 2.35. The maximum atomic E-state index is 10.6. The summed E-state index contributed by atoms with van der Waals surface area (Å²) < 4.78 is 10.6. The Kier molecular flexibility index (Phi) is 4.88. The number of aromatic nitrogens is 3. The van der Waals surface area contributed by atoms with E-state index in [4.69, 9.17) is 10.5 Å². The molecule has 0 amide bonds. The van der Waals surface area contributed by atoms with Gasteiger partial charge in [-0.1, -0.05) is 23.5 Å². The molecule has 2 heterocycles. The number of rotatable bonds is 6. The number of thiazole rings is 1. The molecule has 4 aromatic rings. The maximum absolute atomic E-state index is 10.6. The molecule has 4 rings (SSSR count). The zero-order valence-corrected chi connectivity index (χ0v) is 15.2. The number of hydrogen-bond donors (Lipinski definition) is 2. The van der Waals surface area contributed by atoms with E-state index in [1.807, 2.05) is 18.2 Å². The Morgan fingerprint density at radius 3 is 2.86 bits per heavy atom. The summed E-state index contributed by atoms with van der Waals surface area (Å²) in [5.74, 6) is 0.544. The van der Waals surface area contributed by atoms with E-state index in [0.29, 0.717) is 33.0 Å². The van der Waals surface area contributed by atoms with Gasteiger partial charge in [0.2, 0.25) is 5.06 Å². The Hall–Kier alpha value is -3.50. The number of ether oxygens (including phenoxy) is 1. The maximum Gasteiger partial charge on any atom is 0.561 e. The van der Waals surface area contributed by atoms with E-state index >= 15 is 0 Å². The fraction of sp³-hybridized carbons (Fsp3) is 0. The second kappa shape index (κ2) is 7.63. The summed E-state index contributed by atoms with van der Waals surface area (Å²) in [6, 6.07) is 10.5. The van der Waals surface area contributed by atoms with Crippen molar-refractivity contribution in [3.8, 4) is 21.9 Å². The number of fused-ring (bicyclic) bond motifs is 1. The van der Waals surface area contributed by atoms with E-state index in [-0.39, 0.29) is 6.47 Å². The molecule has 0 spiro atoms. The predicted molar refractivity (Wildman–Crippen MR) is 106 cm³/mol. The molecule has 0 saturated carbocycles. The highest BCUT2D eigenvalue weighted by atomic mass is 32.1. The Morgan fingerprint density at radius 2 is 2.07 bits per heavy atom. The minimum absolute atomic E-state index is 0.195. The molecule has 0 bridgehead atoms. The van der Waals surface area contributed by atoms with Crippen molar-refractivity contribution in [1.29, 1.82) is 0 Å². The number of benzene rings is 2. The van der Waals surface area contributed by atoms with Gasteiger partial charge in [0.1, 0.15) is 5.75 Å². The van der Waals surface area contributed by atoms with Crippen molar-refractivity contribution in [2.75, 3.05) is 5.73 Å². The molecule has 28 heavy (non-hydrogen) atoms. The van der Waals surface area contributed by atoms with Gasteiger partial charge in [-0.2, -0.15) is 10.2 Å². The van der Waals surface area contributed by atoms with Crippen LogP contribution < -0.4 is 15.9 Å². The molecule has 0 aliphatic heterocycles. The van der Waals surface area contributed by atoms with E-state index in [2.05, 4.69) is 19.8 Å². The standard InChI is InChI=1S/C18H13BN4O4S/c20-15-7-22-23-16-5-11(1-3-13(15)16)14-6-12(19(25)26-10-24)2-4-17(14)27-18-8-21-9-28-18/h1-10,25H,(H2,20,23). The van der Waals surface area contributed by atoms with Gasteiger partial charge in [0.25, 0.3) is 6.47 Å². The summed E-state index contributed by atoms with van der Waals surface area (Å²) in [7, 11) is -1.38. The molecular formula is C18H13BN4O4S. The summed E-state index contributed by atoms with van der Waals surface area (Å²) in [5, 5.41) is 19.4. The Labute approximate surface area is 163 Å². The first-order valence-corrected chi connectivity index (χ1v) is 9.02. The summed E-state index contributed by atoms with van der Waals surface area (Å²) >= 11 is 1.35. The van der Waals surface area contributed by atoms with Crippen molar-refractivity contribution < 1.29 is 19.2 Å². The van der Waals surface area contributed by atoms with Crippen molar-refractivity contribution in [2.45, 2.75) is 0 Å². The van der Waals surface area contributed by atoms with Crippen LogP contribution in [0, 0.1) is 0 Å². The van der Waals surface area contributed by atoms with Gasteiger partial charge in [-0.3, -0.25) is 4.79 Å².